The molecular formula is C19H30O8S. The molecule has 0 spiro atoms. The van der Waals surface area contributed by atoms with Crippen molar-refractivity contribution in [1.82, 2.24) is 0 Å². The highest BCUT2D eigenvalue weighted by Gasteiger charge is 2.47. The molecule has 0 aromatic heterocycles. The van der Waals surface area contributed by atoms with E-state index < -0.39 is 53.1 Å². The standard InChI is InChI=1S/C19H30O8S/c1-24-18(25-2)10-16-15(12-28(22,23)14-7-5-4-6-8-14)19(26-3)17(27-16)9-13(21)11-20/h4-8,13,15-21H,9-12H2,1-3H3/t13-,15-,16-,17+,19+/m0/s1. The van der Waals surface area contributed by atoms with E-state index in [1.54, 1.807) is 30.3 Å². The van der Waals surface area contributed by atoms with Crippen molar-refractivity contribution in [2.75, 3.05) is 33.7 Å². The summed E-state index contributed by atoms with van der Waals surface area (Å²) >= 11 is 0. The summed E-state index contributed by atoms with van der Waals surface area (Å²) in [5.74, 6) is -0.662. The molecule has 1 fully saturated rings. The third kappa shape index (κ3) is 5.73. The summed E-state index contributed by atoms with van der Waals surface area (Å²) in [5, 5.41) is 19.0. The number of aliphatic hydroxyl groups excluding tert-OH is 2. The molecule has 0 bridgehead atoms. The first kappa shape index (κ1) is 23.2. The lowest BCUT2D eigenvalue weighted by Crippen LogP contribution is -2.37. The molecule has 1 heterocycles. The van der Waals surface area contributed by atoms with Gasteiger partial charge in [-0.1, -0.05) is 18.2 Å². The average Bonchev–Trinajstić information content (AvgIpc) is 3.01. The topological polar surface area (TPSA) is 112 Å². The van der Waals surface area contributed by atoms with Crippen LogP contribution in [-0.2, 0) is 28.8 Å². The molecule has 28 heavy (non-hydrogen) atoms. The Balaban J connectivity index is 2.28. The molecule has 1 aromatic carbocycles. The van der Waals surface area contributed by atoms with E-state index in [2.05, 4.69) is 0 Å². The first-order valence-electron chi connectivity index (χ1n) is 9.16. The zero-order valence-electron chi connectivity index (χ0n) is 16.4. The third-order valence-electron chi connectivity index (χ3n) is 5.07. The molecule has 0 unspecified atom stereocenters. The maximum atomic E-state index is 12.9. The van der Waals surface area contributed by atoms with Gasteiger partial charge in [-0.2, -0.15) is 0 Å². The lowest BCUT2D eigenvalue weighted by Gasteiger charge is -2.25. The van der Waals surface area contributed by atoms with E-state index in [4.69, 9.17) is 24.1 Å². The second-order valence-electron chi connectivity index (χ2n) is 6.88. The Bertz CT molecular complexity index is 676. The number of sulfone groups is 1. The lowest BCUT2D eigenvalue weighted by atomic mass is 9.94. The first-order chi connectivity index (χ1) is 13.4. The second kappa shape index (κ2) is 10.6. The van der Waals surface area contributed by atoms with E-state index in [0.717, 1.165) is 0 Å². The van der Waals surface area contributed by atoms with E-state index in [-0.39, 0.29) is 17.1 Å². The summed E-state index contributed by atoms with van der Waals surface area (Å²) in [6.45, 7) is -0.410. The fourth-order valence-electron chi connectivity index (χ4n) is 3.64. The Kier molecular flexibility index (Phi) is 8.81. The van der Waals surface area contributed by atoms with E-state index in [0.29, 0.717) is 6.42 Å². The molecule has 160 valence electrons. The highest BCUT2D eigenvalue weighted by molar-refractivity contribution is 7.91. The van der Waals surface area contributed by atoms with Crippen LogP contribution in [0.15, 0.2) is 35.2 Å². The Hall–Kier alpha value is -1.07. The largest absolute Gasteiger partial charge is 0.394 e. The number of benzene rings is 1. The first-order valence-corrected chi connectivity index (χ1v) is 10.8. The minimum atomic E-state index is -3.58. The maximum absolute atomic E-state index is 12.9. The number of aliphatic hydroxyl groups is 2. The van der Waals surface area contributed by atoms with E-state index in [1.807, 2.05) is 0 Å². The van der Waals surface area contributed by atoms with Crippen LogP contribution in [0.2, 0.25) is 0 Å². The normalized spacial score (nSPS) is 26.6. The molecule has 0 radical (unpaired) electrons. The van der Waals surface area contributed by atoms with Crippen LogP contribution >= 0.6 is 0 Å². The summed E-state index contributed by atoms with van der Waals surface area (Å²) in [7, 11) is 0.907. The maximum Gasteiger partial charge on any atom is 0.178 e. The molecule has 0 aliphatic carbocycles. The van der Waals surface area contributed by atoms with E-state index >= 15 is 0 Å². The fourth-order valence-corrected chi connectivity index (χ4v) is 5.31. The van der Waals surface area contributed by atoms with Gasteiger partial charge in [0, 0.05) is 40.1 Å². The SMILES string of the molecule is COC(C[C@@H]1O[C@H](C[C@H](O)CO)[C@H](OC)[C@H]1CS(=O)(=O)c1ccccc1)OC. The Morgan fingerprint density at radius 1 is 1.07 bits per heavy atom. The van der Waals surface area contributed by atoms with Crippen molar-refractivity contribution in [3.8, 4) is 0 Å². The molecule has 1 aliphatic rings. The Labute approximate surface area is 166 Å². The van der Waals surface area contributed by atoms with Crippen LogP contribution in [-0.4, -0.2) is 83.0 Å². The molecule has 0 amide bonds. The number of hydrogen-bond acceptors (Lipinski definition) is 8. The molecule has 2 rings (SSSR count). The zero-order valence-corrected chi connectivity index (χ0v) is 17.2. The number of methoxy groups -OCH3 is 3. The Morgan fingerprint density at radius 2 is 1.71 bits per heavy atom. The van der Waals surface area contributed by atoms with Crippen LogP contribution in [0.5, 0.6) is 0 Å². The number of rotatable bonds is 11. The quantitative estimate of drug-likeness (QED) is 0.503. The minimum Gasteiger partial charge on any atom is -0.394 e. The van der Waals surface area contributed by atoms with Crippen LogP contribution in [0.25, 0.3) is 0 Å². The van der Waals surface area contributed by atoms with Crippen LogP contribution in [0.1, 0.15) is 12.8 Å². The van der Waals surface area contributed by atoms with Crippen molar-refractivity contribution in [1.29, 1.82) is 0 Å². The van der Waals surface area contributed by atoms with Crippen LogP contribution in [0, 0.1) is 5.92 Å². The van der Waals surface area contributed by atoms with Gasteiger partial charge in [-0.15, -0.1) is 0 Å². The van der Waals surface area contributed by atoms with Crippen LogP contribution in [0.3, 0.4) is 0 Å². The van der Waals surface area contributed by atoms with Gasteiger partial charge < -0.3 is 29.2 Å². The average molecular weight is 419 g/mol. The summed E-state index contributed by atoms with van der Waals surface area (Å²) in [6, 6.07) is 8.22. The molecular weight excluding hydrogens is 388 g/mol. The third-order valence-corrected chi connectivity index (χ3v) is 6.88. The minimum absolute atomic E-state index is 0.137. The number of ether oxygens (including phenoxy) is 4. The monoisotopic (exact) mass is 418 g/mol. The van der Waals surface area contributed by atoms with Crippen molar-refractivity contribution in [2.45, 2.75) is 48.4 Å². The predicted octanol–water partition coefficient (Wildman–Crippen LogP) is 0.611. The van der Waals surface area contributed by atoms with Gasteiger partial charge in [0.1, 0.15) is 0 Å². The van der Waals surface area contributed by atoms with Gasteiger partial charge >= 0.3 is 0 Å². The van der Waals surface area contributed by atoms with Crippen molar-refractivity contribution >= 4 is 9.84 Å². The Morgan fingerprint density at radius 3 is 2.25 bits per heavy atom. The summed E-state index contributed by atoms with van der Waals surface area (Å²) in [4.78, 5) is 0.234. The fraction of sp³-hybridized carbons (Fsp3) is 0.684. The van der Waals surface area contributed by atoms with Crippen molar-refractivity contribution < 1.29 is 37.6 Å². The van der Waals surface area contributed by atoms with Crippen molar-refractivity contribution in [2.24, 2.45) is 5.92 Å². The van der Waals surface area contributed by atoms with Gasteiger partial charge in [-0.3, -0.25) is 0 Å². The number of hydrogen-bond donors (Lipinski definition) is 2. The van der Waals surface area contributed by atoms with Gasteiger partial charge in [-0.05, 0) is 12.1 Å². The molecule has 0 saturated carbocycles. The molecule has 5 atom stereocenters. The molecule has 8 nitrogen and oxygen atoms in total. The zero-order chi connectivity index (χ0) is 20.7. The molecule has 2 N–H and O–H groups in total. The summed E-state index contributed by atoms with van der Waals surface area (Å²) in [6.07, 6.45) is -2.71. The summed E-state index contributed by atoms with van der Waals surface area (Å²) in [5.41, 5.74) is 0. The van der Waals surface area contributed by atoms with Crippen LogP contribution in [0.4, 0.5) is 0 Å². The van der Waals surface area contributed by atoms with Gasteiger partial charge in [0.05, 0.1) is 41.7 Å². The van der Waals surface area contributed by atoms with E-state index in [9.17, 15) is 13.5 Å². The highest BCUT2D eigenvalue weighted by atomic mass is 32.2. The van der Waals surface area contributed by atoms with Gasteiger partial charge in [0.15, 0.2) is 16.1 Å². The summed E-state index contributed by atoms with van der Waals surface area (Å²) < 4.78 is 48.0. The molecule has 1 aliphatic heterocycles. The van der Waals surface area contributed by atoms with Gasteiger partial charge in [-0.25, -0.2) is 8.42 Å². The van der Waals surface area contributed by atoms with Crippen molar-refractivity contribution in [3.63, 3.8) is 0 Å². The van der Waals surface area contributed by atoms with Gasteiger partial charge in [0.25, 0.3) is 0 Å². The van der Waals surface area contributed by atoms with Crippen LogP contribution < -0.4 is 0 Å². The highest BCUT2D eigenvalue weighted by Crippen LogP contribution is 2.36. The van der Waals surface area contributed by atoms with Gasteiger partial charge in [0.2, 0.25) is 0 Å². The smallest absolute Gasteiger partial charge is 0.178 e. The second-order valence-corrected chi connectivity index (χ2v) is 8.91. The molecule has 9 heteroatoms. The molecule has 1 aromatic rings. The van der Waals surface area contributed by atoms with Crippen molar-refractivity contribution in [3.05, 3.63) is 30.3 Å². The predicted molar refractivity (Wildman–Crippen MR) is 102 cm³/mol. The molecule has 1 saturated heterocycles. The lowest BCUT2D eigenvalue weighted by molar-refractivity contribution is -0.132. The van der Waals surface area contributed by atoms with E-state index in [1.165, 1.54) is 21.3 Å².